The first kappa shape index (κ1) is 19.7. The van der Waals surface area contributed by atoms with Crippen LogP contribution in [-0.4, -0.2) is 38.5 Å². The number of rotatable bonds is 5. The van der Waals surface area contributed by atoms with Crippen molar-refractivity contribution in [2.45, 2.75) is 25.8 Å². The zero-order chi connectivity index (χ0) is 22.3. The number of hydrazone groups is 1. The highest BCUT2D eigenvalue weighted by Gasteiger charge is 2.46. The van der Waals surface area contributed by atoms with Gasteiger partial charge in [0.05, 0.1) is 11.9 Å². The van der Waals surface area contributed by atoms with Crippen LogP contribution in [0.15, 0.2) is 76.4 Å². The van der Waals surface area contributed by atoms with Crippen LogP contribution in [-0.2, 0) is 4.79 Å². The molecule has 5 rings (SSSR count). The standard InChI is InChI=1S/C24H21N5O3/c1-3-24(2)22(30)29(23(31)26-24)25-14-17-15-28(18-10-5-4-6-11-18)27-21(17)20-13-16-9-7-8-12-19(16)32-20/h4-15H,3H2,1-2H3,(H,26,31)/b25-14-/t24-/m1/s1. The Morgan fingerprint density at radius 2 is 1.88 bits per heavy atom. The predicted molar refractivity (Wildman–Crippen MR) is 120 cm³/mol. The molecule has 1 atom stereocenters. The summed E-state index contributed by atoms with van der Waals surface area (Å²) in [6, 6.07) is 18.7. The highest BCUT2D eigenvalue weighted by molar-refractivity contribution is 6.07. The molecule has 3 heterocycles. The number of amides is 3. The number of nitrogens with zero attached hydrogens (tertiary/aromatic N) is 4. The minimum Gasteiger partial charge on any atom is -0.454 e. The van der Waals surface area contributed by atoms with Crippen molar-refractivity contribution >= 4 is 29.1 Å². The molecule has 1 aliphatic heterocycles. The van der Waals surface area contributed by atoms with Crippen molar-refractivity contribution in [3.63, 3.8) is 0 Å². The van der Waals surface area contributed by atoms with Crippen LogP contribution >= 0.6 is 0 Å². The molecular weight excluding hydrogens is 406 g/mol. The van der Waals surface area contributed by atoms with E-state index in [1.807, 2.05) is 67.6 Å². The van der Waals surface area contributed by atoms with Gasteiger partial charge >= 0.3 is 6.03 Å². The van der Waals surface area contributed by atoms with Gasteiger partial charge in [0.25, 0.3) is 5.91 Å². The first-order chi connectivity index (χ1) is 15.5. The number of benzene rings is 2. The minimum absolute atomic E-state index is 0.387. The normalized spacial score (nSPS) is 18.8. The summed E-state index contributed by atoms with van der Waals surface area (Å²) in [5.74, 6) is 0.180. The molecule has 0 saturated carbocycles. The summed E-state index contributed by atoms with van der Waals surface area (Å²) >= 11 is 0. The number of hydrogen-bond acceptors (Lipinski definition) is 5. The average Bonchev–Trinajstić information content (AvgIpc) is 3.48. The second-order valence-corrected chi connectivity index (χ2v) is 7.84. The van der Waals surface area contributed by atoms with E-state index in [9.17, 15) is 9.59 Å². The molecule has 0 bridgehead atoms. The van der Waals surface area contributed by atoms with Gasteiger partial charge in [-0.2, -0.15) is 10.2 Å². The fourth-order valence-electron chi connectivity index (χ4n) is 3.62. The highest BCUT2D eigenvalue weighted by atomic mass is 16.3. The number of hydrogen-bond donors (Lipinski definition) is 1. The third-order valence-electron chi connectivity index (χ3n) is 5.68. The van der Waals surface area contributed by atoms with Gasteiger partial charge < -0.3 is 9.73 Å². The Kier molecular flexibility index (Phi) is 4.62. The van der Waals surface area contributed by atoms with E-state index in [1.165, 1.54) is 6.21 Å². The Morgan fingerprint density at radius 1 is 1.12 bits per heavy atom. The maximum atomic E-state index is 12.7. The summed E-state index contributed by atoms with van der Waals surface area (Å²) in [6.45, 7) is 3.53. The smallest absolute Gasteiger partial charge is 0.346 e. The Balaban J connectivity index is 1.58. The molecule has 160 valence electrons. The van der Waals surface area contributed by atoms with Gasteiger partial charge in [-0.15, -0.1) is 5.01 Å². The van der Waals surface area contributed by atoms with Crippen LogP contribution in [0.2, 0.25) is 0 Å². The van der Waals surface area contributed by atoms with E-state index >= 15 is 0 Å². The van der Waals surface area contributed by atoms with Gasteiger partial charge in [0.2, 0.25) is 0 Å². The van der Waals surface area contributed by atoms with Crippen LogP contribution in [0.4, 0.5) is 4.79 Å². The summed E-state index contributed by atoms with van der Waals surface area (Å²) < 4.78 is 7.73. The molecule has 0 aliphatic carbocycles. The molecule has 4 aromatic rings. The van der Waals surface area contributed by atoms with Crippen LogP contribution in [0.5, 0.6) is 0 Å². The number of furan rings is 1. The Labute approximate surface area is 184 Å². The molecule has 1 saturated heterocycles. The molecule has 1 aliphatic rings. The summed E-state index contributed by atoms with van der Waals surface area (Å²) in [7, 11) is 0. The van der Waals surface area contributed by atoms with E-state index in [0.29, 0.717) is 23.4 Å². The van der Waals surface area contributed by atoms with Crippen LogP contribution in [0.25, 0.3) is 28.1 Å². The first-order valence-corrected chi connectivity index (χ1v) is 10.3. The molecule has 8 heteroatoms. The number of imide groups is 1. The van der Waals surface area contributed by atoms with Gasteiger partial charge in [0, 0.05) is 17.1 Å². The van der Waals surface area contributed by atoms with Gasteiger partial charge in [-0.25, -0.2) is 9.48 Å². The molecule has 1 N–H and O–H groups in total. The van der Waals surface area contributed by atoms with Crippen LogP contribution in [0.3, 0.4) is 0 Å². The number of carbonyl (C=O) groups is 2. The summed E-state index contributed by atoms with van der Waals surface area (Å²) in [5, 5.41) is 13.4. The summed E-state index contributed by atoms with van der Waals surface area (Å²) in [4.78, 5) is 25.0. The van der Waals surface area contributed by atoms with Gasteiger partial charge in [-0.3, -0.25) is 4.79 Å². The molecular formula is C24H21N5O3. The van der Waals surface area contributed by atoms with Gasteiger partial charge in [0.15, 0.2) is 5.76 Å². The predicted octanol–water partition coefficient (Wildman–Crippen LogP) is 4.34. The number of carbonyl (C=O) groups excluding carboxylic acids is 2. The third-order valence-corrected chi connectivity index (χ3v) is 5.68. The number of aromatic nitrogens is 2. The Bertz CT molecular complexity index is 1320. The van der Waals surface area contributed by atoms with Crippen LogP contribution in [0, 0.1) is 0 Å². The van der Waals surface area contributed by atoms with Gasteiger partial charge in [-0.05, 0) is 37.6 Å². The van der Waals surface area contributed by atoms with Crippen LogP contribution < -0.4 is 5.32 Å². The van der Waals surface area contributed by atoms with E-state index in [-0.39, 0.29) is 5.91 Å². The first-order valence-electron chi connectivity index (χ1n) is 10.3. The molecule has 3 amide bonds. The van der Waals surface area contributed by atoms with E-state index in [0.717, 1.165) is 21.7 Å². The van der Waals surface area contributed by atoms with E-state index in [4.69, 9.17) is 9.52 Å². The Hall–Kier alpha value is -4.20. The molecule has 2 aromatic heterocycles. The number of urea groups is 1. The summed E-state index contributed by atoms with van der Waals surface area (Å²) in [5.41, 5.74) is 1.81. The lowest BCUT2D eigenvalue weighted by atomic mass is 10.00. The fourth-order valence-corrected chi connectivity index (χ4v) is 3.62. The summed E-state index contributed by atoms with van der Waals surface area (Å²) in [6.07, 6.45) is 3.73. The molecule has 0 unspecified atom stereocenters. The monoisotopic (exact) mass is 427 g/mol. The maximum Gasteiger partial charge on any atom is 0.346 e. The maximum absolute atomic E-state index is 12.7. The van der Waals surface area contributed by atoms with Crippen LogP contribution in [0.1, 0.15) is 25.8 Å². The lowest BCUT2D eigenvalue weighted by Crippen LogP contribution is -2.42. The quantitative estimate of drug-likeness (QED) is 0.379. The minimum atomic E-state index is -0.954. The molecule has 2 aromatic carbocycles. The SMILES string of the molecule is CC[C@@]1(C)NC(=O)N(/N=C\c2cn(-c3ccccc3)nc2-c2cc3ccccc3o2)C1=O. The highest BCUT2D eigenvalue weighted by Crippen LogP contribution is 2.29. The second-order valence-electron chi connectivity index (χ2n) is 7.84. The van der Waals surface area contributed by atoms with E-state index < -0.39 is 11.6 Å². The van der Waals surface area contributed by atoms with E-state index in [2.05, 4.69) is 10.4 Å². The lowest BCUT2D eigenvalue weighted by Gasteiger charge is -2.17. The molecule has 0 radical (unpaired) electrons. The van der Waals surface area contributed by atoms with Crippen molar-refractivity contribution in [1.29, 1.82) is 0 Å². The molecule has 32 heavy (non-hydrogen) atoms. The molecule has 1 fully saturated rings. The van der Waals surface area contributed by atoms with Crippen molar-refractivity contribution in [1.82, 2.24) is 20.1 Å². The third kappa shape index (κ3) is 3.26. The largest absolute Gasteiger partial charge is 0.454 e. The van der Waals surface area contributed by atoms with E-state index in [1.54, 1.807) is 17.8 Å². The second kappa shape index (κ2) is 7.49. The fraction of sp³-hybridized carbons (Fsp3) is 0.167. The zero-order valence-corrected chi connectivity index (χ0v) is 17.6. The van der Waals surface area contributed by atoms with Crippen molar-refractivity contribution in [2.75, 3.05) is 0 Å². The molecule has 0 spiro atoms. The van der Waals surface area contributed by atoms with Gasteiger partial charge in [-0.1, -0.05) is 43.3 Å². The van der Waals surface area contributed by atoms with Crippen molar-refractivity contribution < 1.29 is 14.0 Å². The van der Waals surface area contributed by atoms with Gasteiger partial charge in [0.1, 0.15) is 16.8 Å². The number of fused-ring (bicyclic) bond motifs is 1. The Morgan fingerprint density at radius 3 is 2.59 bits per heavy atom. The average molecular weight is 427 g/mol. The number of para-hydroxylation sites is 2. The van der Waals surface area contributed by atoms with Crippen molar-refractivity contribution in [2.24, 2.45) is 5.10 Å². The topological polar surface area (TPSA) is 92.7 Å². The van der Waals surface area contributed by atoms with Crippen molar-refractivity contribution in [3.05, 3.63) is 72.4 Å². The molecule has 8 nitrogen and oxygen atoms in total. The number of nitrogens with one attached hydrogen (secondary N) is 1. The van der Waals surface area contributed by atoms with Crippen molar-refractivity contribution in [3.8, 4) is 17.1 Å². The zero-order valence-electron chi connectivity index (χ0n) is 17.6. The lowest BCUT2D eigenvalue weighted by molar-refractivity contribution is -0.130.